The molecule has 5 rings (SSSR count). The summed E-state index contributed by atoms with van der Waals surface area (Å²) in [4.78, 5) is -0.384. The van der Waals surface area contributed by atoms with E-state index in [2.05, 4.69) is 36.4 Å². The number of hydrogen-bond donors (Lipinski definition) is 0. The average Bonchev–Trinajstić information content (AvgIpc) is 2.95. The van der Waals surface area contributed by atoms with E-state index in [9.17, 15) is 0 Å². The van der Waals surface area contributed by atoms with Crippen molar-refractivity contribution < 1.29 is 9.47 Å². The zero-order valence-corrected chi connectivity index (χ0v) is 13.1. The van der Waals surface area contributed by atoms with Gasteiger partial charge in [-0.25, -0.2) is 0 Å². The van der Waals surface area contributed by atoms with Crippen molar-refractivity contribution in [2.45, 2.75) is 42.0 Å². The summed E-state index contributed by atoms with van der Waals surface area (Å²) < 4.78 is 12.9. The molecule has 1 saturated carbocycles. The van der Waals surface area contributed by atoms with E-state index in [0.29, 0.717) is 11.4 Å². The van der Waals surface area contributed by atoms with Gasteiger partial charge in [0.2, 0.25) is 0 Å². The summed E-state index contributed by atoms with van der Waals surface area (Å²) in [7, 11) is 0. The molecular formula is C19H18O2S. The molecule has 0 bridgehead atoms. The lowest BCUT2D eigenvalue weighted by atomic mass is 9.94. The number of para-hydroxylation sites is 2. The summed E-state index contributed by atoms with van der Waals surface area (Å²) in [5.41, 5.74) is 2.35. The van der Waals surface area contributed by atoms with Gasteiger partial charge in [0.1, 0.15) is 11.5 Å². The average molecular weight is 310 g/mol. The Kier molecular flexibility index (Phi) is 2.83. The van der Waals surface area contributed by atoms with Crippen LogP contribution in [-0.4, -0.2) is 11.4 Å². The quantitative estimate of drug-likeness (QED) is 0.677. The third kappa shape index (κ3) is 1.73. The first-order valence-corrected chi connectivity index (χ1v) is 8.97. The lowest BCUT2D eigenvalue weighted by Crippen LogP contribution is -2.30. The van der Waals surface area contributed by atoms with Crippen molar-refractivity contribution in [2.75, 3.05) is 0 Å². The molecule has 2 aromatic rings. The van der Waals surface area contributed by atoms with Crippen molar-refractivity contribution >= 4 is 11.8 Å². The van der Waals surface area contributed by atoms with Gasteiger partial charge in [-0.15, -0.1) is 11.8 Å². The van der Waals surface area contributed by atoms with Gasteiger partial charge in [-0.05, 0) is 25.0 Å². The molecule has 2 nitrogen and oxygen atoms in total. The fourth-order valence-electron chi connectivity index (χ4n) is 3.96. The predicted molar refractivity (Wildman–Crippen MR) is 88.5 cm³/mol. The summed E-state index contributed by atoms with van der Waals surface area (Å²) in [6.45, 7) is 0. The zero-order chi connectivity index (χ0) is 14.6. The highest BCUT2D eigenvalue weighted by molar-refractivity contribution is 8.01. The molecule has 2 heterocycles. The van der Waals surface area contributed by atoms with Gasteiger partial charge in [0.15, 0.2) is 4.93 Å². The molecule has 0 aromatic heterocycles. The largest absolute Gasteiger partial charge is 0.456 e. The van der Waals surface area contributed by atoms with Crippen LogP contribution in [0.15, 0.2) is 48.5 Å². The molecule has 0 radical (unpaired) electrons. The summed E-state index contributed by atoms with van der Waals surface area (Å²) in [6.07, 6.45) is 5.44. The Hall–Kier alpha value is -1.45. The molecule has 112 valence electrons. The second kappa shape index (κ2) is 4.77. The van der Waals surface area contributed by atoms with E-state index in [1.807, 2.05) is 23.9 Å². The van der Waals surface area contributed by atoms with E-state index in [1.165, 1.54) is 36.8 Å². The van der Waals surface area contributed by atoms with Gasteiger partial charge in [-0.3, -0.25) is 0 Å². The van der Waals surface area contributed by atoms with Crippen LogP contribution in [0.25, 0.3) is 0 Å². The van der Waals surface area contributed by atoms with Crippen LogP contribution in [0.5, 0.6) is 11.5 Å². The van der Waals surface area contributed by atoms with E-state index in [4.69, 9.17) is 9.47 Å². The predicted octanol–water partition coefficient (Wildman–Crippen LogP) is 5.07. The number of thioether (sulfide) groups is 1. The minimum atomic E-state index is -0.384. The van der Waals surface area contributed by atoms with Crippen LogP contribution in [-0.2, 0) is 9.67 Å². The highest BCUT2D eigenvalue weighted by Crippen LogP contribution is 2.62. The molecule has 2 aromatic carbocycles. The minimum absolute atomic E-state index is 0.373. The lowest BCUT2D eigenvalue weighted by molar-refractivity contribution is -0.0124. The maximum atomic E-state index is 6.73. The van der Waals surface area contributed by atoms with Gasteiger partial charge >= 0.3 is 0 Å². The summed E-state index contributed by atoms with van der Waals surface area (Å²) in [5.74, 6) is 1.87. The van der Waals surface area contributed by atoms with Gasteiger partial charge in [-0.2, -0.15) is 0 Å². The molecule has 0 unspecified atom stereocenters. The smallest absolute Gasteiger partial charge is 0.172 e. The van der Waals surface area contributed by atoms with Gasteiger partial charge in [0, 0.05) is 16.4 Å². The SMILES string of the molecule is c1ccc2c(c1)Oc1ccccc1C21O[C@@H]2CCCC[C@H]2S1. The van der Waals surface area contributed by atoms with Crippen LogP contribution in [0.1, 0.15) is 36.8 Å². The van der Waals surface area contributed by atoms with Crippen LogP contribution < -0.4 is 4.74 Å². The van der Waals surface area contributed by atoms with Crippen molar-refractivity contribution in [1.29, 1.82) is 0 Å². The second-order valence-electron chi connectivity index (χ2n) is 6.31. The van der Waals surface area contributed by atoms with Crippen molar-refractivity contribution in [1.82, 2.24) is 0 Å². The molecule has 1 spiro atoms. The molecule has 22 heavy (non-hydrogen) atoms. The van der Waals surface area contributed by atoms with Crippen LogP contribution in [0, 0.1) is 0 Å². The van der Waals surface area contributed by atoms with E-state index in [0.717, 1.165) is 11.5 Å². The van der Waals surface area contributed by atoms with Gasteiger partial charge < -0.3 is 9.47 Å². The monoisotopic (exact) mass is 310 g/mol. The van der Waals surface area contributed by atoms with Crippen LogP contribution >= 0.6 is 11.8 Å². The summed E-state index contributed by atoms with van der Waals surface area (Å²) in [5, 5.41) is 0.605. The van der Waals surface area contributed by atoms with Gasteiger partial charge in [0.25, 0.3) is 0 Å². The highest BCUT2D eigenvalue weighted by Gasteiger charge is 2.53. The van der Waals surface area contributed by atoms with Crippen molar-refractivity contribution in [3.63, 3.8) is 0 Å². The fraction of sp³-hybridized carbons (Fsp3) is 0.368. The van der Waals surface area contributed by atoms with Crippen LogP contribution in [0.3, 0.4) is 0 Å². The molecule has 3 heteroatoms. The first-order chi connectivity index (χ1) is 10.9. The van der Waals surface area contributed by atoms with Gasteiger partial charge in [-0.1, -0.05) is 49.2 Å². The Bertz CT molecular complexity index is 665. The van der Waals surface area contributed by atoms with E-state index < -0.39 is 0 Å². The Labute approximate surface area is 134 Å². The third-order valence-corrected chi connectivity index (χ3v) is 6.69. The molecule has 2 fully saturated rings. The molecular weight excluding hydrogens is 292 g/mol. The molecule has 1 saturated heterocycles. The number of ether oxygens (including phenoxy) is 2. The van der Waals surface area contributed by atoms with Crippen LogP contribution in [0.4, 0.5) is 0 Å². The summed E-state index contributed by atoms with van der Waals surface area (Å²) >= 11 is 2.00. The molecule has 3 aliphatic rings. The van der Waals surface area contributed by atoms with Crippen LogP contribution in [0.2, 0.25) is 0 Å². The second-order valence-corrected chi connectivity index (χ2v) is 7.72. The van der Waals surface area contributed by atoms with Crippen molar-refractivity contribution in [2.24, 2.45) is 0 Å². The Balaban J connectivity index is 1.71. The Morgan fingerprint density at radius 1 is 0.864 bits per heavy atom. The number of benzene rings is 2. The summed E-state index contributed by atoms with van der Waals surface area (Å²) in [6, 6.07) is 16.7. The third-order valence-electron chi connectivity index (χ3n) is 4.98. The first-order valence-electron chi connectivity index (χ1n) is 8.09. The van der Waals surface area contributed by atoms with Crippen molar-refractivity contribution in [3.05, 3.63) is 59.7 Å². The molecule has 0 amide bonds. The topological polar surface area (TPSA) is 18.5 Å². The normalized spacial score (nSPS) is 27.6. The Morgan fingerprint density at radius 2 is 1.50 bits per heavy atom. The minimum Gasteiger partial charge on any atom is -0.456 e. The number of hydrogen-bond acceptors (Lipinski definition) is 3. The molecule has 1 aliphatic carbocycles. The van der Waals surface area contributed by atoms with Gasteiger partial charge in [0.05, 0.1) is 6.10 Å². The maximum Gasteiger partial charge on any atom is 0.172 e. The molecule has 0 N–H and O–H groups in total. The fourth-order valence-corrected chi connectivity index (χ4v) is 5.78. The molecule has 2 aliphatic heterocycles. The zero-order valence-electron chi connectivity index (χ0n) is 12.3. The van der Waals surface area contributed by atoms with E-state index >= 15 is 0 Å². The maximum absolute atomic E-state index is 6.73. The first kappa shape index (κ1) is 13.0. The number of fused-ring (bicyclic) bond motifs is 5. The highest BCUT2D eigenvalue weighted by atomic mass is 32.2. The Morgan fingerprint density at radius 3 is 2.18 bits per heavy atom. The lowest BCUT2D eigenvalue weighted by Gasteiger charge is -2.36. The van der Waals surface area contributed by atoms with Crippen molar-refractivity contribution in [3.8, 4) is 11.5 Å². The van der Waals surface area contributed by atoms with E-state index in [1.54, 1.807) is 0 Å². The van der Waals surface area contributed by atoms with E-state index in [-0.39, 0.29) is 4.93 Å². The molecule has 2 atom stereocenters. The number of rotatable bonds is 0. The standard InChI is InChI=1S/C19H18O2S/c1-3-9-15-13(7-1)19(14-8-2-4-10-16(14)20-15)21-17-11-5-6-12-18(17)22-19/h1-4,7-10,17-18H,5-6,11-12H2/t17-,18-/m1/s1.